The average Bonchev–Trinajstić information content (AvgIpc) is 2.46. The van der Waals surface area contributed by atoms with E-state index in [1.165, 1.54) is 16.0 Å². The van der Waals surface area contributed by atoms with Crippen LogP contribution >= 0.6 is 0 Å². The molecule has 0 radical (unpaired) electrons. The Balaban J connectivity index is 2.28. The number of hydrogen-bond donors (Lipinski definition) is 1. The van der Waals surface area contributed by atoms with E-state index < -0.39 is 5.97 Å². The summed E-state index contributed by atoms with van der Waals surface area (Å²) in [5.41, 5.74) is 2.60. The number of aryl methyl sites for hydroxylation is 2. The highest BCUT2D eigenvalue weighted by Crippen LogP contribution is 2.10. The van der Waals surface area contributed by atoms with Gasteiger partial charge in [-0.3, -0.25) is 9.59 Å². The van der Waals surface area contributed by atoms with E-state index in [1.54, 1.807) is 7.05 Å². The SMILES string of the molecule is CCCc1ccc(CCCC(=O)N(C)CCC(=O)O)cc1. The monoisotopic (exact) mass is 291 g/mol. The topological polar surface area (TPSA) is 57.6 Å². The summed E-state index contributed by atoms with van der Waals surface area (Å²) in [7, 11) is 1.66. The van der Waals surface area contributed by atoms with Gasteiger partial charge in [-0.25, -0.2) is 0 Å². The Bertz CT molecular complexity index is 454. The molecule has 0 heterocycles. The maximum absolute atomic E-state index is 11.8. The Morgan fingerprint density at radius 3 is 2.14 bits per heavy atom. The second-order valence-corrected chi connectivity index (χ2v) is 5.38. The lowest BCUT2D eigenvalue weighted by atomic mass is 10.0. The molecule has 1 aromatic rings. The van der Waals surface area contributed by atoms with E-state index in [-0.39, 0.29) is 18.9 Å². The largest absolute Gasteiger partial charge is 0.481 e. The van der Waals surface area contributed by atoms with Gasteiger partial charge in [0, 0.05) is 20.0 Å². The molecule has 0 saturated carbocycles. The smallest absolute Gasteiger partial charge is 0.305 e. The van der Waals surface area contributed by atoms with Crippen molar-refractivity contribution in [1.29, 1.82) is 0 Å². The van der Waals surface area contributed by atoms with Gasteiger partial charge in [-0.1, -0.05) is 37.6 Å². The number of rotatable bonds is 9. The van der Waals surface area contributed by atoms with Crippen LogP contribution in [0.3, 0.4) is 0 Å². The van der Waals surface area contributed by atoms with E-state index in [0.29, 0.717) is 6.42 Å². The summed E-state index contributed by atoms with van der Waals surface area (Å²) < 4.78 is 0. The third-order valence-electron chi connectivity index (χ3n) is 3.50. The minimum atomic E-state index is -0.873. The molecule has 0 unspecified atom stereocenters. The lowest BCUT2D eigenvalue weighted by molar-refractivity contribution is -0.138. The third-order valence-corrected chi connectivity index (χ3v) is 3.50. The van der Waals surface area contributed by atoms with Crippen molar-refractivity contribution < 1.29 is 14.7 Å². The molecule has 0 aliphatic heterocycles. The molecule has 0 aliphatic carbocycles. The molecule has 1 rings (SSSR count). The van der Waals surface area contributed by atoms with Crippen molar-refractivity contribution >= 4 is 11.9 Å². The van der Waals surface area contributed by atoms with Crippen molar-refractivity contribution in [2.24, 2.45) is 0 Å². The third kappa shape index (κ3) is 6.93. The number of hydrogen-bond acceptors (Lipinski definition) is 2. The molecule has 0 spiro atoms. The Morgan fingerprint density at radius 1 is 1.05 bits per heavy atom. The normalized spacial score (nSPS) is 10.4. The van der Waals surface area contributed by atoms with Crippen molar-refractivity contribution in [2.45, 2.75) is 45.4 Å². The van der Waals surface area contributed by atoms with Crippen molar-refractivity contribution in [3.05, 3.63) is 35.4 Å². The van der Waals surface area contributed by atoms with Crippen LogP contribution in [0.1, 0.15) is 43.7 Å². The number of carbonyl (C=O) groups is 2. The molecular weight excluding hydrogens is 266 g/mol. The lowest BCUT2D eigenvalue weighted by Gasteiger charge is -2.15. The Kier molecular flexibility index (Phi) is 7.51. The standard InChI is InChI=1S/C17H25NO3/c1-3-5-14-8-10-15(11-9-14)6-4-7-16(19)18(2)13-12-17(20)21/h8-11H,3-7,12-13H2,1-2H3,(H,20,21). The van der Waals surface area contributed by atoms with Crippen LogP contribution in [-0.2, 0) is 22.4 Å². The van der Waals surface area contributed by atoms with Crippen molar-refractivity contribution in [2.75, 3.05) is 13.6 Å². The van der Waals surface area contributed by atoms with Crippen LogP contribution in [0, 0.1) is 0 Å². The quantitative estimate of drug-likeness (QED) is 0.761. The van der Waals surface area contributed by atoms with Gasteiger partial charge in [0.25, 0.3) is 0 Å². The lowest BCUT2D eigenvalue weighted by Crippen LogP contribution is -2.28. The van der Waals surface area contributed by atoms with Gasteiger partial charge in [-0.2, -0.15) is 0 Å². The number of aliphatic carboxylic acids is 1. The van der Waals surface area contributed by atoms with Crippen molar-refractivity contribution in [3.63, 3.8) is 0 Å². The van der Waals surface area contributed by atoms with E-state index in [0.717, 1.165) is 25.7 Å². The maximum Gasteiger partial charge on any atom is 0.305 e. The zero-order valence-electron chi connectivity index (χ0n) is 13.0. The van der Waals surface area contributed by atoms with Gasteiger partial charge in [0.1, 0.15) is 0 Å². The molecule has 1 amide bonds. The first kappa shape index (κ1) is 17.2. The highest BCUT2D eigenvalue weighted by Gasteiger charge is 2.09. The zero-order chi connectivity index (χ0) is 15.7. The molecule has 116 valence electrons. The van der Waals surface area contributed by atoms with Gasteiger partial charge in [-0.05, 0) is 30.4 Å². The summed E-state index contributed by atoms with van der Waals surface area (Å²) in [4.78, 5) is 23.8. The zero-order valence-corrected chi connectivity index (χ0v) is 13.0. The Hall–Kier alpha value is -1.84. The van der Waals surface area contributed by atoms with Crippen molar-refractivity contribution in [1.82, 2.24) is 4.90 Å². The highest BCUT2D eigenvalue weighted by molar-refractivity contribution is 5.76. The number of carboxylic acids is 1. The fourth-order valence-corrected chi connectivity index (χ4v) is 2.18. The molecule has 0 atom stereocenters. The number of benzene rings is 1. The van der Waals surface area contributed by atoms with Gasteiger partial charge in [0.05, 0.1) is 6.42 Å². The van der Waals surface area contributed by atoms with E-state index in [9.17, 15) is 9.59 Å². The molecular formula is C17H25NO3. The Morgan fingerprint density at radius 2 is 1.62 bits per heavy atom. The predicted octanol–water partition coefficient (Wildman–Crippen LogP) is 2.89. The number of nitrogens with zero attached hydrogens (tertiary/aromatic N) is 1. The van der Waals surface area contributed by atoms with E-state index in [2.05, 4.69) is 31.2 Å². The van der Waals surface area contributed by atoms with E-state index in [1.807, 2.05) is 0 Å². The van der Waals surface area contributed by atoms with Crippen LogP contribution in [0.5, 0.6) is 0 Å². The first-order valence-corrected chi connectivity index (χ1v) is 7.56. The van der Waals surface area contributed by atoms with Crippen LogP contribution < -0.4 is 0 Å². The van der Waals surface area contributed by atoms with E-state index in [4.69, 9.17) is 5.11 Å². The predicted molar refractivity (Wildman–Crippen MR) is 83.3 cm³/mol. The first-order chi connectivity index (χ1) is 10.0. The molecule has 0 saturated heterocycles. The molecule has 1 N–H and O–H groups in total. The van der Waals surface area contributed by atoms with Gasteiger partial charge in [0.15, 0.2) is 0 Å². The van der Waals surface area contributed by atoms with Crippen LogP contribution in [0.4, 0.5) is 0 Å². The van der Waals surface area contributed by atoms with Crippen molar-refractivity contribution in [3.8, 4) is 0 Å². The number of carbonyl (C=O) groups excluding carboxylic acids is 1. The molecule has 4 heteroatoms. The fraction of sp³-hybridized carbons (Fsp3) is 0.529. The minimum absolute atomic E-state index is 0.00112. The Labute approximate surface area is 126 Å². The second kappa shape index (κ2) is 9.16. The number of amides is 1. The van der Waals surface area contributed by atoms with Gasteiger partial charge >= 0.3 is 5.97 Å². The van der Waals surface area contributed by atoms with Gasteiger partial charge in [-0.15, -0.1) is 0 Å². The molecule has 0 fully saturated rings. The maximum atomic E-state index is 11.8. The molecule has 21 heavy (non-hydrogen) atoms. The van der Waals surface area contributed by atoms with Crippen LogP contribution in [0.2, 0.25) is 0 Å². The summed E-state index contributed by atoms with van der Waals surface area (Å²) in [6.45, 7) is 2.44. The average molecular weight is 291 g/mol. The number of carboxylic acid groups (broad SMARTS) is 1. The molecule has 0 aliphatic rings. The summed E-state index contributed by atoms with van der Waals surface area (Å²) in [6.07, 6.45) is 4.39. The summed E-state index contributed by atoms with van der Waals surface area (Å²) in [5, 5.41) is 8.59. The molecule has 0 aromatic heterocycles. The van der Waals surface area contributed by atoms with Crippen LogP contribution in [0.15, 0.2) is 24.3 Å². The van der Waals surface area contributed by atoms with Crippen LogP contribution in [0.25, 0.3) is 0 Å². The highest BCUT2D eigenvalue weighted by atomic mass is 16.4. The molecule has 0 bridgehead atoms. The molecule has 1 aromatic carbocycles. The first-order valence-electron chi connectivity index (χ1n) is 7.56. The summed E-state index contributed by atoms with van der Waals surface area (Å²) in [6, 6.07) is 8.56. The summed E-state index contributed by atoms with van der Waals surface area (Å²) >= 11 is 0. The second-order valence-electron chi connectivity index (χ2n) is 5.38. The summed E-state index contributed by atoms with van der Waals surface area (Å²) in [5.74, 6) is -0.860. The van der Waals surface area contributed by atoms with Gasteiger partial charge < -0.3 is 10.0 Å². The fourth-order valence-electron chi connectivity index (χ4n) is 2.18. The molecule has 4 nitrogen and oxygen atoms in total. The minimum Gasteiger partial charge on any atom is -0.481 e. The van der Waals surface area contributed by atoms with E-state index >= 15 is 0 Å². The van der Waals surface area contributed by atoms with Crippen LogP contribution in [-0.4, -0.2) is 35.5 Å². The van der Waals surface area contributed by atoms with Gasteiger partial charge in [0.2, 0.25) is 5.91 Å².